The fraction of sp³-hybridized carbons (Fsp3) is 0.917. The molecule has 1 heterocycles. The van der Waals surface area contributed by atoms with Crippen molar-refractivity contribution in [2.45, 2.75) is 57.7 Å². The Bertz CT molecular complexity index is 211. The smallest absolute Gasteiger partial charge is 0.249 e. The lowest BCUT2D eigenvalue weighted by atomic mass is 10.2. The molecule has 2 atom stereocenters. The van der Waals surface area contributed by atoms with E-state index in [1.165, 1.54) is 23.7 Å². The first-order valence-corrected chi connectivity index (χ1v) is 7.75. The molecule has 0 aromatic carbocycles. The number of amides is 1. The molecule has 0 radical (unpaired) electrons. The van der Waals surface area contributed by atoms with Gasteiger partial charge in [0, 0.05) is 6.54 Å². The van der Waals surface area contributed by atoms with E-state index in [0.717, 1.165) is 25.8 Å². The first kappa shape index (κ1) is 14.2. The quantitative estimate of drug-likeness (QED) is 0.440. The van der Waals surface area contributed by atoms with E-state index in [0.29, 0.717) is 0 Å². The Balaban J connectivity index is 1.98. The molecule has 3 nitrogen and oxygen atoms in total. The van der Waals surface area contributed by atoms with E-state index in [-0.39, 0.29) is 18.1 Å². The zero-order valence-electron chi connectivity index (χ0n) is 10.0. The van der Waals surface area contributed by atoms with Crippen LogP contribution in [-0.2, 0) is 9.53 Å². The first-order valence-electron chi connectivity index (χ1n) is 6.23. The Hall–Kier alpha value is 0.160. The first-order chi connectivity index (χ1) is 7.74. The molecular weight excluding hydrogens is 317 g/mol. The van der Waals surface area contributed by atoms with Gasteiger partial charge in [-0.15, -0.1) is 0 Å². The van der Waals surface area contributed by atoms with E-state index < -0.39 is 0 Å². The molecule has 1 aliphatic heterocycles. The highest BCUT2D eigenvalue weighted by molar-refractivity contribution is 14.1. The molecular formula is C12H22INO2. The third-order valence-electron chi connectivity index (χ3n) is 2.88. The van der Waals surface area contributed by atoms with Crippen molar-refractivity contribution in [2.75, 3.05) is 11.0 Å². The maximum atomic E-state index is 11.6. The Morgan fingerprint density at radius 3 is 2.69 bits per heavy atom. The molecule has 1 N–H and O–H groups in total. The van der Waals surface area contributed by atoms with Crippen molar-refractivity contribution >= 4 is 28.5 Å². The highest BCUT2D eigenvalue weighted by atomic mass is 127. The number of halogens is 1. The van der Waals surface area contributed by atoms with Crippen LogP contribution in [0.3, 0.4) is 0 Å². The third kappa shape index (κ3) is 5.48. The van der Waals surface area contributed by atoms with Crippen molar-refractivity contribution in [1.29, 1.82) is 0 Å². The molecule has 0 saturated carbocycles. The van der Waals surface area contributed by atoms with Crippen LogP contribution in [0, 0.1) is 0 Å². The van der Waals surface area contributed by atoms with Gasteiger partial charge in [-0.3, -0.25) is 4.79 Å². The highest BCUT2D eigenvalue weighted by Gasteiger charge is 2.27. The SMILES string of the molecule is CC1CCC(C(=O)NCCCCCCI)O1. The molecule has 1 fully saturated rings. The Labute approximate surface area is 112 Å². The number of nitrogens with one attached hydrogen (secondary N) is 1. The van der Waals surface area contributed by atoms with Crippen LogP contribution in [0.5, 0.6) is 0 Å². The summed E-state index contributed by atoms with van der Waals surface area (Å²) in [6, 6.07) is 0. The van der Waals surface area contributed by atoms with Gasteiger partial charge in [0.05, 0.1) is 6.10 Å². The Morgan fingerprint density at radius 2 is 2.06 bits per heavy atom. The summed E-state index contributed by atoms with van der Waals surface area (Å²) in [5, 5.41) is 2.96. The Morgan fingerprint density at radius 1 is 1.31 bits per heavy atom. The number of alkyl halides is 1. The van der Waals surface area contributed by atoms with E-state index in [1.54, 1.807) is 0 Å². The van der Waals surface area contributed by atoms with Crippen molar-refractivity contribution in [2.24, 2.45) is 0 Å². The summed E-state index contributed by atoms with van der Waals surface area (Å²) >= 11 is 2.40. The molecule has 0 aromatic heterocycles. The number of hydrogen-bond acceptors (Lipinski definition) is 2. The van der Waals surface area contributed by atoms with Crippen LogP contribution in [0.25, 0.3) is 0 Å². The lowest BCUT2D eigenvalue weighted by molar-refractivity contribution is -0.131. The maximum absolute atomic E-state index is 11.6. The van der Waals surface area contributed by atoms with Gasteiger partial charge >= 0.3 is 0 Å². The number of unbranched alkanes of at least 4 members (excludes halogenated alkanes) is 3. The number of hydrogen-bond donors (Lipinski definition) is 1. The topological polar surface area (TPSA) is 38.3 Å². The summed E-state index contributed by atoms with van der Waals surface area (Å²) in [5.41, 5.74) is 0. The zero-order valence-corrected chi connectivity index (χ0v) is 12.2. The van der Waals surface area contributed by atoms with E-state index in [9.17, 15) is 4.79 Å². The maximum Gasteiger partial charge on any atom is 0.249 e. The van der Waals surface area contributed by atoms with Gasteiger partial charge in [0.25, 0.3) is 0 Å². The molecule has 1 amide bonds. The van der Waals surface area contributed by atoms with Crippen LogP contribution < -0.4 is 5.32 Å². The Kier molecular flexibility index (Phi) is 7.36. The second-order valence-electron chi connectivity index (χ2n) is 4.41. The van der Waals surface area contributed by atoms with Gasteiger partial charge in [-0.2, -0.15) is 0 Å². The molecule has 0 aromatic rings. The summed E-state index contributed by atoms with van der Waals surface area (Å²) in [6.07, 6.45) is 6.81. The number of ether oxygens (including phenoxy) is 1. The molecule has 94 valence electrons. The largest absolute Gasteiger partial charge is 0.365 e. The number of carbonyl (C=O) groups is 1. The highest BCUT2D eigenvalue weighted by Crippen LogP contribution is 2.18. The summed E-state index contributed by atoms with van der Waals surface area (Å²) in [7, 11) is 0. The molecule has 1 aliphatic rings. The lowest BCUT2D eigenvalue weighted by Crippen LogP contribution is -2.35. The van der Waals surface area contributed by atoms with E-state index >= 15 is 0 Å². The molecule has 1 rings (SSSR count). The van der Waals surface area contributed by atoms with Gasteiger partial charge in [-0.1, -0.05) is 35.4 Å². The van der Waals surface area contributed by atoms with Crippen LogP contribution in [-0.4, -0.2) is 29.1 Å². The number of rotatable bonds is 7. The van der Waals surface area contributed by atoms with Gasteiger partial charge < -0.3 is 10.1 Å². The fourth-order valence-electron chi connectivity index (χ4n) is 1.89. The van der Waals surface area contributed by atoms with Crippen LogP contribution in [0.2, 0.25) is 0 Å². The van der Waals surface area contributed by atoms with E-state index in [2.05, 4.69) is 27.9 Å². The van der Waals surface area contributed by atoms with Crippen LogP contribution in [0.4, 0.5) is 0 Å². The predicted octanol–water partition coefficient (Wildman–Crippen LogP) is 2.67. The van der Waals surface area contributed by atoms with Crippen LogP contribution >= 0.6 is 22.6 Å². The molecule has 0 bridgehead atoms. The van der Waals surface area contributed by atoms with Crippen molar-refractivity contribution < 1.29 is 9.53 Å². The third-order valence-corrected chi connectivity index (χ3v) is 3.65. The summed E-state index contributed by atoms with van der Waals surface area (Å²) < 4.78 is 6.74. The molecule has 4 heteroatoms. The normalized spacial score (nSPS) is 24.6. The van der Waals surface area contributed by atoms with Crippen molar-refractivity contribution in [3.05, 3.63) is 0 Å². The second kappa shape index (κ2) is 8.28. The van der Waals surface area contributed by atoms with E-state index in [1.807, 2.05) is 6.92 Å². The van der Waals surface area contributed by atoms with E-state index in [4.69, 9.17) is 4.74 Å². The molecule has 16 heavy (non-hydrogen) atoms. The minimum Gasteiger partial charge on any atom is -0.365 e. The second-order valence-corrected chi connectivity index (χ2v) is 5.49. The number of carbonyl (C=O) groups excluding carboxylic acids is 1. The van der Waals surface area contributed by atoms with Gasteiger partial charge in [-0.25, -0.2) is 0 Å². The summed E-state index contributed by atoms with van der Waals surface area (Å²) in [6.45, 7) is 2.83. The van der Waals surface area contributed by atoms with Gasteiger partial charge in [0.1, 0.15) is 6.10 Å². The monoisotopic (exact) mass is 339 g/mol. The lowest BCUT2D eigenvalue weighted by Gasteiger charge is -2.11. The summed E-state index contributed by atoms with van der Waals surface area (Å²) in [4.78, 5) is 11.6. The molecule has 0 spiro atoms. The van der Waals surface area contributed by atoms with Crippen LogP contribution in [0.1, 0.15) is 45.4 Å². The van der Waals surface area contributed by atoms with Crippen molar-refractivity contribution in [3.63, 3.8) is 0 Å². The zero-order chi connectivity index (χ0) is 11.8. The average molecular weight is 339 g/mol. The molecule has 1 saturated heterocycles. The van der Waals surface area contributed by atoms with Crippen LogP contribution in [0.15, 0.2) is 0 Å². The van der Waals surface area contributed by atoms with Gasteiger partial charge in [0.15, 0.2) is 0 Å². The molecule has 0 aliphatic carbocycles. The van der Waals surface area contributed by atoms with Gasteiger partial charge in [-0.05, 0) is 37.0 Å². The summed E-state index contributed by atoms with van der Waals surface area (Å²) in [5.74, 6) is 0.0817. The minimum atomic E-state index is -0.190. The van der Waals surface area contributed by atoms with Gasteiger partial charge in [0.2, 0.25) is 5.91 Å². The fourth-order valence-corrected chi connectivity index (χ4v) is 2.43. The standard InChI is InChI=1S/C12H22INO2/c1-10-6-7-11(16-10)12(15)14-9-5-3-2-4-8-13/h10-11H,2-9H2,1H3,(H,14,15). The molecule has 2 unspecified atom stereocenters. The van der Waals surface area contributed by atoms with Crippen molar-refractivity contribution in [1.82, 2.24) is 5.32 Å². The van der Waals surface area contributed by atoms with Crippen molar-refractivity contribution in [3.8, 4) is 0 Å². The minimum absolute atomic E-state index is 0.0817. The predicted molar refractivity (Wildman–Crippen MR) is 73.9 cm³/mol. The average Bonchev–Trinajstić information content (AvgIpc) is 2.70.